The molecule has 0 amide bonds. The topological polar surface area (TPSA) is 57.0 Å². The molecule has 0 aromatic rings. The van der Waals surface area contributed by atoms with E-state index in [1.165, 1.54) is 0 Å². The van der Waals surface area contributed by atoms with Crippen molar-refractivity contribution in [2.75, 3.05) is 66.8 Å². The van der Waals surface area contributed by atoms with Crippen molar-refractivity contribution in [3.05, 3.63) is 0 Å². The summed E-state index contributed by atoms with van der Waals surface area (Å²) in [5.74, 6) is 0. The van der Waals surface area contributed by atoms with Gasteiger partial charge in [-0.25, -0.2) is 0 Å². The third kappa shape index (κ3) is 12.1. The number of nitrogens with two attached hydrogens (primary N) is 1. The highest BCUT2D eigenvalue weighted by atomic mass is 16.5. The maximum Gasteiger partial charge on any atom is 0.0700 e. The molecule has 5 heteroatoms. The first kappa shape index (κ1) is 16.8. The van der Waals surface area contributed by atoms with Crippen molar-refractivity contribution in [2.24, 2.45) is 5.73 Å². The summed E-state index contributed by atoms with van der Waals surface area (Å²) in [5.41, 5.74) is 5.52. The van der Waals surface area contributed by atoms with E-state index in [2.05, 4.69) is 4.90 Å². The van der Waals surface area contributed by atoms with Crippen molar-refractivity contribution in [3.63, 3.8) is 0 Å². The SMILES string of the molecule is COCCOCCCN(CCCN)CCOC. The highest BCUT2D eigenvalue weighted by molar-refractivity contribution is 4.58. The fraction of sp³-hybridized carbons (Fsp3) is 1.00. The molecule has 0 aliphatic heterocycles. The summed E-state index contributed by atoms with van der Waals surface area (Å²) in [7, 11) is 3.41. The molecule has 0 aliphatic rings. The van der Waals surface area contributed by atoms with Crippen LogP contribution < -0.4 is 5.73 Å². The average Bonchev–Trinajstić information content (AvgIpc) is 2.35. The molecule has 0 saturated heterocycles. The van der Waals surface area contributed by atoms with Crippen LogP contribution in [-0.2, 0) is 14.2 Å². The van der Waals surface area contributed by atoms with Crippen molar-refractivity contribution in [1.82, 2.24) is 4.90 Å². The zero-order valence-electron chi connectivity index (χ0n) is 11.3. The van der Waals surface area contributed by atoms with Crippen LogP contribution in [0.15, 0.2) is 0 Å². The van der Waals surface area contributed by atoms with Gasteiger partial charge in [-0.1, -0.05) is 0 Å². The van der Waals surface area contributed by atoms with Crippen molar-refractivity contribution < 1.29 is 14.2 Å². The Balaban J connectivity index is 3.45. The van der Waals surface area contributed by atoms with E-state index in [1.54, 1.807) is 14.2 Å². The molecular formula is C12H28N2O3. The lowest BCUT2D eigenvalue weighted by molar-refractivity contribution is 0.0633. The lowest BCUT2D eigenvalue weighted by atomic mass is 10.3. The average molecular weight is 248 g/mol. The molecule has 0 rings (SSSR count). The zero-order chi connectivity index (χ0) is 12.8. The Hall–Kier alpha value is -0.200. The van der Waals surface area contributed by atoms with Gasteiger partial charge in [-0.2, -0.15) is 0 Å². The van der Waals surface area contributed by atoms with E-state index in [9.17, 15) is 0 Å². The summed E-state index contributed by atoms with van der Waals surface area (Å²) in [6.45, 7) is 6.69. The van der Waals surface area contributed by atoms with Gasteiger partial charge in [0.1, 0.15) is 0 Å². The molecule has 5 nitrogen and oxygen atoms in total. The van der Waals surface area contributed by atoms with Crippen LogP contribution in [0.1, 0.15) is 12.8 Å². The van der Waals surface area contributed by atoms with Gasteiger partial charge >= 0.3 is 0 Å². The highest BCUT2D eigenvalue weighted by Crippen LogP contribution is 1.95. The summed E-state index contributed by atoms with van der Waals surface area (Å²) >= 11 is 0. The van der Waals surface area contributed by atoms with Gasteiger partial charge in [-0.05, 0) is 25.9 Å². The predicted octanol–water partition coefficient (Wildman–Crippen LogP) is 0.337. The van der Waals surface area contributed by atoms with E-state index < -0.39 is 0 Å². The fourth-order valence-electron chi connectivity index (χ4n) is 1.51. The van der Waals surface area contributed by atoms with Gasteiger partial charge in [0.05, 0.1) is 19.8 Å². The minimum absolute atomic E-state index is 0.667. The number of hydrogen-bond donors (Lipinski definition) is 1. The normalized spacial score (nSPS) is 11.3. The Labute approximate surface area is 105 Å². The quantitative estimate of drug-likeness (QED) is 0.476. The van der Waals surface area contributed by atoms with Crippen LogP contribution >= 0.6 is 0 Å². The molecule has 0 fully saturated rings. The molecule has 0 bridgehead atoms. The van der Waals surface area contributed by atoms with Gasteiger partial charge in [0.15, 0.2) is 0 Å². The van der Waals surface area contributed by atoms with Gasteiger partial charge in [-0.3, -0.25) is 0 Å². The number of hydrogen-bond acceptors (Lipinski definition) is 5. The van der Waals surface area contributed by atoms with Gasteiger partial charge in [0.2, 0.25) is 0 Å². The molecule has 0 aromatic carbocycles. The molecule has 0 heterocycles. The lowest BCUT2D eigenvalue weighted by Crippen LogP contribution is -2.31. The van der Waals surface area contributed by atoms with Gasteiger partial charge in [0, 0.05) is 33.9 Å². The third-order valence-corrected chi connectivity index (χ3v) is 2.48. The zero-order valence-corrected chi connectivity index (χ0v) is 11.3. The van der Waals surface area contributed by atoms with E-state index in [0.717, 1.165) is 52.2 Å². The van der Waals surface area contributed by atoms with Crippen LogP contribution in [0.4, 0.5) is 0 Å². The Morgan fingerprint density at radius 2 is 1.53 bits per heavy atom. The molecule has 2 N–H and O–H groups in total. The van der Waals surface area contributed by atoms with E-state index in [0.29, 0.717) is 13.2 Å². The summed E-state index contributed by atoms with van der Waals surface area (Å²) in [4.78, 5) is 2.37. The summed E-state index contributed by atoms with van der Waals surface area (Å²) < 4.78 is 15.4. The molecule has 104 valence electrons. The van der Waals surface area contributed by atoms with Crippen molar-refractivity contribution >= 4 is 0 Å². The van der Waals surface area contributed by atoms with E-state index in [4.69, 9.17) is 19.9 Å². The molecule has 17 heavy (non-hydrogen) atoms. The standard InChI is InChI=1S/C12H28N2O3/c1-15-10-8-14(6-3-5-13)7-4-9-17-12-11-16-2/h3-13H2,1-2H3. The molecular weight excluding hydrogens is 220 g/mol. The number of nitrogens with zero attached hydrogens (tertiary/aromatic N) is 1. The van der Waals surface area contributed by atoms with Crippen LogP contribution in [-0.4, -0.2) is 71.7 Å². The molecule has 0 spiro atoms. The second-order valence-corrected chi connectivity index (χ2v) is 3.94. The molecule has 0 unspecified atom stereocenters. The molecule has 0 saturated carbocycles. The maximum atomic E-state index is 5.52. The van der Waals surface area contributed by atoms with Crippen molar-refractivity contribution in [3.8, 4) is 0 Å². The summed E-state index contributed by atoms with van der Waals surface area (Å²) in [5, 5.41) is 0. The first-order valence-electron chi connectivity index (χ1n) is 6.33. The Morgan fingerprint density at radius 3 is 2.18 bits per heavy atom. The fourth-order valence-corrected chi connectivity index (χ4v) is 1.51. The minimum Gasteiger partial charge on any atom is -0.383 e. The smallest absolute Gasteiger partial charge is 0.0700 e. The summed E-state index contributed by atoms with van der Waals surface area (Å²) in [6, 6.07) is 0. The predicted molar refractivity (Wildman–Crippen MR) is 69.3 cm³/mol. The number of ether oxygens (including phenoxy) is 3. The van der Waals surface area contributed by atoms with Crippen LogP contribution in [0.3, 0.4) is 0 Å². The van der Waals surface area contributed by atoms with Crippen molar-refractivity contribution in [2.45, 2.75) is 12.8 Å². The van der Waals surface area contributed by atoms with E-state index >= 15 is 0 Å². The molecule has 0 aromatic heterocycles. The second kappa shape index (κ2) is 13.9. The first-order valence-corrected chi connectivity index (χ1v) is 6.33. The molecule has 0 radical (unpaired) electrons. The minimum atomic E-state index is 0.667. The third-order valence-electron chi connectivity index (χ3n) is 2.48. The lowest BCUT2D eigenvalue weighted by Gasteiger charge is -2.21. The Morgan fingerprint density at radius 1 is 0.824 bits per heavy atom. The van der Waals surface area contributed by atoms with Crippen LogP contribution in [0.2, 0.25) is 0 Å². The molecule has 0 aliphatic carbocycles. The second-order valence-electron chi connectivity index (χ2n) is 3.94. The maximum absolute atomic E-state index is 5.52. The van der Waals surface area contributed by atoms with Crippen molar-refractivity contribution in [1.29, 1.82) is 0 Å². The monoisotopic (exact) mass is 248 g/mol. The van der Waals surface area contributed by atoms with Crippen LogP contribution in [0.25, 0.3) is 0 Å². The summed E-state index contributed by atoms with van der Waals surface area (Å²) in [6.07, 6.45) is 2.08. The first-order chi connectivity index (χ1) is 8.35. The molecule has 0 atom stereocenters. The van der Waals surface area contributed by atoms with E-state index in [-0.39, 0.29) is 0 Å². The van der Waals surface area contributed by atoms with Gasteiger partial charge in [-0.15, -0.1) is 0 Å². The Bertz CT molecular complexity index is 140. The van der Waals surface area contributed by atoms with Crippen LogP contribution in [0.5, 0.6) is 0 Å². The number of rotatable bonds is 13. The largest absolute Gasteiger partial charge is 0.383 e. The van der Waals surface area contributed by atoms with Gasteiger partial charge < -0.3 is 24.8 Å². The number of methoxy groups -OCH3 is 2. The van der Waals surface area contributed by atoms with Crippen LogP contribution in [0, 0.1) is 0 Å². The van der Waals surface area contributed by atoms with E-state index in [1.807, 2.05) is 0 Å². The highest BCUT2D eigenvalue weighted by Gasteiger charge is 2.03. The van der Waals surface area contributed by atoms with Gasteiger partial charge in [0.25, 0.3) is 0 Å². The Kier molecular flexibility index (Phi) is 13.7.